The Morgan fingerprint density at radius 3 is 2.21 bits per heavy atom. The second-order valence-electron chi connectivity index (χ2n) is 8.93. The Labute approximate surface area is 164 Å². The summed E-state index contributed by atoms with van der Waals surface area (Å²) in [5.74, 6) is 2.04. The first-order chi connectivity index (χ1) is 13.5. The van der Waals surface area contributed by atoms with Crippen molar-refractivity contribution in [3.8, 4) is 11.3 Å². The van der Waals surface area contributed by atoms with Gasteiger partial charge in [0.25, 0.3) is 5.91 Å². The zero-order valence-electron chi connectivity index (χ0n) is 16.0. The van der Waals surface area contributed by atoms with Crippen molar-refractivity contribution in [1.82, 2.24) is 16.0 Å². The van der Waals surface area contributed by atoms with E-state index in [2.05, 4.69) is 16.0 Å². The van der Waals surface area contributed by atoms with Crippen LogP contribution in [0, 0.1) is 30.1 Å². The molecular weight excluding hydrogens is 354 g/mol. The third-order valence-corrected chi connectivity index (χ3v) is 6.95. The van der Waals surface area contributed by atoms with E-state index in [0.29, 0.717) is 34.8 Å². The fourth-order valence-corrected chi connectivity index (χ4v) is 6.13. The minimum Gasteiger partial charge on any atom is -0.360 e. The molecule has 6 rings (SSSR count). The normalized spacial score (nSPS) is 30.2. The largest absolute Gasteiger partial charge is 0.360 e. The van der Waals surface area contributed by atoms with Crippen molar-refractivity contribution in [2.45, 2.75) is 45.4 Å². The quantitative estimate of drug-likeness (QED) is 0.798. The predicted octanol–water partition coefficient (Wildman–Crippen LogP) is 3.63. The summed E-state index contributed by atoms with van der Waals surface area (Å²) in [7, 11) is 0. The highest BCUT2D eigenvalue weighted by Gasteiger charge is 2.54. The minimum atomic E-state index is -0.393. The maximum Gasteiger partial charge on any atom is 0.275 e. The predicted molar refractivity (Wildman–Crippen MR) is 103 cm³/mol. The van der Waals surface area contributed by atoms with Crippen LogP contribution in [-0.4, -0.2) is 17.0 Å². The molecular formula is C22H25N3O3. The molecule has 0 spiro atoms. The van der Waals surface area contributed by atoms with Crippen LogP contribution >= 0.6 is 0 Å². The number of hydrogen-bond donors (Lipinski definition) is 2. The van der Waals surface area contributed by atoms with E-state index in [0.717, 1.165) is 24.8 Å². The van der Waals surface area contributed by atoms with Crippen LogP contribution in [0.2, 0.25) is 0 Å². The second kappa shape index (κ2) is 6.47. The first kappa shape index (κ1) is 17.5. The number of carbonyl (C=O) groups is 2. The maximum absolute atomic E-state index is 13.0. The van der Waals surface area contributed by atoms with E-state index in [1.165, 1.54) is 19.3 Å². The number of aryl methyl sites for hydroxylation is 1. The minimum absolute atomic E-state index is 0.0321. The van der Waals surface area contributed by atoms with E-state index in [1.807, 2.05) is 30.3 Å². The Balaban J connectivity index is 1.31. The third kappa shape index (κ3) is 2.82. The van der Waals surface area contributed by atoms with Crippen molar-refractivity contribution >= 4 is 11.8 Å². The van der Waals surface area contributed by atoms with Crippen molar-refractivity contribution < 1.29 is 14.1 Å². The lowest BCUT2D eigenvalue weighted by Crippen LogP contribution is -2.56. The Morgan fingerprint density at radius 1 is 1.00 bits per heavy atom. The summed E-state index contributed by atoms with van der Waals surface area (Å²) >= 11 is 0. The SMILES string of the molecule is Cc1onc(-c2ccccc2)c1C(=O)NNC(=O)C12CC3CC(CC(C3)C1)C2. The summed E-state index contributed by atoms with van der Waals surface area (Å²) < 4.78 is 5.25. The fraction of sp³-hybridized carbons (Fsp3) is 0.500. The molecule has 1 aromatic heterocycles. The molecule has 0 atom stereocenters. The molecule has 0 radical (unpaired) electrons. The van der Waals surface area contributed by atoms with Crippen LogP contribution in [0.15, 0.2) is 34.9 Å². The average Bonchev–Trinajstić information content (AvgIpc) is 3.07. The molecule has 28 heavy (non-hydrogen) atoms. The highest BCUT2D eigenvalue weighted by molar-refractivity contribution is 6.01. The van der Waals surface area contributed by atoms with Gasteiger partial charge >= 0.3 is 0 Å². The lowest BCUT2D eigenvalue weighted by atomic mass is 9.49. The summed E-state index contributed by atoms with van der Waals surface area (Å²) in [5.41, 5.74) is 6.70. The second-order valence-corrected chi connectivity index (χ2v) is 8.93. The van der Waals surface area contributed by atoms with Crippen LogP contribution in [0.1, 0.15) is 54.6 Å². The number of hydrazine groups is 1. The van der Waals surface area contributed by atoms with Crippen molar-refractivity contribution in [3.63, 3.8) is 0 Å². The van der Waals surface area contributed by atoms with Crippen LogP contribution < -0.4 is 10.9 Å². The van der Waals surface area contributed by atoms with E-state index in [9.17, 15) is 9.59 Å². The number of carbonyl (C=O) groups excluding carboxylic acids is 2. The number of aromatic nitrogens is 1. The van der Waals surface area contributed by atoms with Crippen LogP contribution in [0.3, 0.4) is 0 Å². The van der Waals surface area contributed by atoms with E-state index in [1.54, 1.807) is 6.92 Å². The topological polar surface area (TPSA) is 84.2 Å². The summed E-state index contributed by atoms with van der Waals surface area (Å²) in [5, 5.41) is 4.04. The maximum atomic E-state index is 13.0. The number of nitrogens with one attached hydrogen (secondary N) is 2. The molecule has 0 saturated heterocycles. The molecule has 4 aliphatic carbocycles. The Hall–Kier alpha value is -2.63. The van der Waals surface area contributed by atoms with Crippen LogP contribution in [0.5, 0.6) is 0 Å². The van der Waals surface area contributed by atoms with Gasteiger partial charge in [-0.25, -0.2) is 0 Å². The van der Waals surface area contributed by atoms with E-state index in [-0.39, 0.29) is 11.3 Å². The summed E-state index contributed by atoms with van der Waals surface area (Å²) in [4.78, 5) is 25.9. The number of hydrogen-bond acceptors (Lipinski definition) is 4. The Bertz CT molecular complexity index is 883. The number of amides is 2. The van der Waals surface area contributed by atoms with Crippen molar-refractivity contribution in [1.29, 1.82) is 0 Å². The molecule has 0 unspecified atom stereocenters. The van der Waals surface area contributed by atoms with Crippen LogP contribution in [0.4, 0.5) is 0 Å². The standard InChI is InChI=1S/C22H25N3O3/c1-13-18(19(25-28-13)17-5-3-2-4-6-17)20(26)23-24-21(27)22-10-14-7-15(11-22)9-16(8-14)12-22/h2-6,14-16H,7-12H2,1H3,(H,23,26)(H,24,27). The van der Waals surface area contributed by atoms with Gasteiger partial charge in [0, 0.05) is 5.56 Å². The highest BCUT2D eigenvalue weighted by Crippen LogP contribution is 2.60. The zero-order valence-corrected chi connectivity index (χ0v) is 16.0. The smallest absolute Gasteiger partial charge is 0.275 e. The molecule has 0 aliphatic heterocycles. The lowest BCUT2D eigenvalue weighted by Gasteiger charge is -2.55. The zero-order chi connectivity index (χ0) is 19.3. The van der Waals surface area contributed by atoms with E-state index in [4.69, 9.17) is 4.52 Å². The summed E-state index contributed by atoms with van der Waals surface area (Å²) in [6, 6.07) is 9.43. The molecule has 1 aromatic carbocycles. The molecule has 6 nitrogen and oxygen atoms in total. The molecule has 4 aliphatic rings. The first-order valence-corrected chi connectivity index (χ1v) is 10.2. The van der Waals surface area contributed by atoms with Gasteiger partial charge in [0.15, 0.2) is 0 Å². The molecule has 4 bridgehead atoms. The van der Waals surface area contributed by atoms with Gasteiger partial charge in [-0.05, 0) is 63.2 Å². The molecule has 1 heterocycles. The van der Waals surface area contributed by atoms with Gasteiger partial charge in [-0.1, -0.05) is 35.5 Å². The Kier molecular flexibility index (Phi) is 4.03. The van der Waals surface area contributed by atoms with Gasteiger partial charge < -0.3 is 4.52 Å². The van der Waals surface area contributed by atoms with E-state index < -0.39 is 5.91 Å². The van der Waals surface area contributed by atoms with Gasteiger partial charge in [-0.2, -0.15) is 0 Å². The molecule has 146 valence electrons. The molecule has 4 saturated carbocycles. The summed E-state index contributed by atoms with van der Waals surface area (Å²) in [6.07, 6.45) is 6.71. The third-order valence-electron chi connectivity index (χ3n) is 6.95. The fourth-order valence-electron chi connectivity index (χ4n) is 6.13. The van der Waals surface area contributed by atoms with Gasteiger partial charge in [0.2, 0.25) is 5.91 Å². The average molecular weight is 379 g/mol. The van der Waals surface area contributed by atoms with Gasteiger partial charge in [0.05, 0.1) is 5.41 Å². The molecule has 2 aromatic rings. The monoisotopic (exact) mass is 379 g/mol. The molecule has 6 heteroatoms. The Morgan fingerprint density at radius 2 is 1.61 bits per heavy atom. The first-order valence-electron chi connectivity index (χ1n) is 10.2. The number of nitrogens with zero attached hydrogens (tertiary/aromatic N) is 1. The van der Waals surface area contributed by atoms with Crippen molar-refractivity contribution in [3.05, 3.63) is 41.7 Å². The molecule has 2 amide bonds. The van der Waals surface area contributed by atoms with Gasteiger partial charge in [0.1, 0.15) is 17.0 Å². The molecule has 4 fully saturated rings. The van der Waals surface area contributed by atoms with Crippen molar-refractivity contribution in [2.75, 3.05) is 0 Å². The highest BCUT2D eigenvalue weighted by atomic mass is 16.5. The van der Waals surface area contributed by atoms with Crippen LogP contribution in [-0.2, 0) is 4.79 Å². The van der Waals surface area contributed by atoms with E-state index >= 15 is 0 Å². The van der Waals surface area contributed by atoms with Gasteiger partial charge in [-0.3, -0.25) is 20.4 Å². The van der Waals surface area contributed by atoms with Crippen LogP contribution in [0.25, 0.3) is 11.3 Å². The van der Waals surface area contributed by atoms with Crippen molar-refractivity contribution in [2.24, 2.45) is 23.2 Å². The number of benzene rings is 1. The molecule has 2 N–H and O–H groups in total. The summed E-state index contributed by atoms with van der Waals surface area (Å²) in [6.45, 7) is 1.70. The number of rotatable bonds is 3. The van der Waals surface area contributed by atoms with Gasteiger partial charge in [-0.15, -0.1) is 0 Å². The lowest BCUT2D eigenvalue weighted by molar-refractivity contribution is -0.147.